The van der Waals surface area contributed by atoms with Crippen molar-refractivity contribution in [2.75, 3.05) is 34.4 Å². The van der Waals surface area contributed by atoms with Gasteiger partial charge in [-0.1, -0.05) is 6.07 Å². The number of aromatic nitrogens is 2. The minimum Gasteiger partial charge on any atom is -0.493 e. The molecule has 0 amide bonds. The molecule has 1 aromatic heterocycles. The Bertz CT molecular complexity index is 712. The Labute approximate surface area is 167 Å². The van der Waals surface area contributed by atoms with Crippen LogP contribution < -0.4 is 9.47 Å². The van der Waals surface area contributed by atoms with Crippen molar-refractivity contribution in [1.82, 2.24) is 19.8 Å². The van der Waals surface area contributed by atoms with Crippen LogP contribution in [0.4, 0.5) is 0 Å². The summed E-state index contributed by atoms with van der Waals surface area (Å²) in [6, 6.07) is 6.25. The third kappa shape index (κ3) is 7.07. The first-order valence-corrected chi connectivity index (χ1v) is 9.50. The summed E-state index contributed by atoms with van der Waals surface area (Å²) in [7, 11) is 5.64. The average molecular weight is 389 g/mol. The van der Waals surface area contributed by atoms with Gasteiger partial charge in [-0.05, 0) is 45.6 Å². The maximum Gasteiger partial charge on any atom is 0.161 e. The molecule has 0 bridgehead atoms. The summed E-state index contributed by atoms with van der Waals surface area (Å²) < 4.78 is 11.3. The molecule has 2 aromatic rings. The number of hydrogen-bond acceptors (Lipinski definition) is 7. The smallest absolute Gasteiger partial charge is 0.161 e. The second kappa shape index (κ2) is 10.9. The number of ether oxygens (including phenoxy) is 2. The Morgan fingerprint density at radius 1 is 1.11 bits per heavy atom. The van der Waals surface area contributed by atoms with Crippen molar-refractivity contribution >= 4 is 0 Å². The van der Waals surface area contributed by atoms with Gasteiger partial charge in [0.15, 0.2) is 11.5 Å². The molecule has 0 saturated heterocycles. The van der Waals surface area contributed by atoms with Crippen molar-refractivity contribution in [3.8, 4) is 11.5 Å². The summed E-state index contributed by atoms with van der Waals surface area (Å²) in [6.07, 6.45) is 4.59. The fourth-order valence-electron chi connectivity index (χ4n) is 2.77. The highest BCUT2D eigenvalue weighted by Crippen LogP contribution is 2.28. The van der Waals surface area contributed by atoms with E-state index in [4.69, 9.17) is 9.47 Å². The standard InChI is InChI=1S/C21H32N4O3/c1-16(2)25(4)14-19(26)15-28-20-7-6-17(10-21(20)27-5)12-24(3)13-18-11-22-8-9-23-18/h6-11,16,19,26H,12-15H2,1-5H3/t19-/m0/s1. The lowest BCUT2D eigenvalue weighted by atomic mass is 10.2. The Kier molecular flexibility index (Phi) is 8.63. The van der Waals surface area contributed by atoms with Crippen LogP contribution in [0.1, 0.15) is 25.1 Å². The van der Waals surface area contributed by atoms with E-state index in [0.717, 1.165) is 17.8 Å². The molecule has 28 heavy (non-hydrogen) atoms. The highest BCUT2D eigenvalue weighted by atomic mass is 16.5. The molecule has 7 heteroatoms. The minimum absolute atomic E-state index is 0.222. The predicted octanol–water partition coefficient (Wildman–Crippen LogP) is 2.20. The van der Waals surface area contributed by atoms with Gasteiger partial charge in [-0.25, -0.2) is 0 Å². The number of rotatable bonds is 11. The van der Waals surface area contributed by atoms with Crippen molar-refractivity contribution in [1.29, 1.82) is 0 Å². The lowest BCUT2D eigenvalue weighted by molar-refractivity contribution is 0.0668. The molecule has 1 atom stereocenters. The monoisotopic (exact) mass is 388 g/mol. The van der Waals surface area contributed by atoms with Gasteiger partial charge in [-0.2, -0.15) is 0 Å². The van der Waals surface area contributed by atoms with Crippen molar-refractivity contribution in [2.45, 2.75) is 39.1 Å². The molecule has 0 aliphatic carbocycles. The summed E-state index contributed by atoms with van der Waals surface area (Å²) in [5.41, 5.74) is 2.04. The van der Waals surface area contributed by atoms with Crippen LogP contribution >= 0.6 is 0 Å². The number of methoxy groups -OCH3 is 1. The first kappa shape index (κ1) is 22.1. The van der Waals surface area contributed by atoms with E-state index in [9.17, 15) is 5.11 Å². The molecule has 7 nitrogen and oxygen atoms in total. The van der Waals surface area contributed by atoms with Gasteiger partial charge in [-0.15, -0.1) is 0 Å². The SMILES string of the molecule is COc1cc(CN(C)Cc2cnccn2)ccc1OC[C@@H](O)CN(C)C(C)C. The quantitative estimate of drug-likeness (QED) is 0.633. The number of hydrogen-bond donors (Lipinski definition) is 1. The molecular weight excluding hydrogens is 356 g/mol. The summed E-state index contributed by atoms with van der Waals surface area (Å²) in [6.45, 7) is 6.43. The Hall–Kier alpha value is -2.22. The molecule has 0 spiro atoms. The van der Waals surface area contributed by atoms with E-state index < -0.39 is 6.10 Å². The number of aliphatic hydroxyl groups is 1. The maximum absolute atomic E-state index is 10.2. The van der Waals surface area contributed by atoms with Gasteiger partial charge in [0.25, 0.3) is 0 Å². The van der Waals surface area contributed by atoms with Crippen LogP contribution in [0.15, 0.2) is 36.8 Å². The molecule has 1 heterocycles. The normalized spacial score (nSPS) is 12.6. The molecule has 154 valence electrons. The fraction of sp³-hybridized carbons (Fsp3) is 0.524. The topological polar surface area (TPSA) is 71.0 Å². The molecule has 0 radical (unpaired) electrons. The van der Waals surface area contributed by atoms with Gasteiger partial charge in [0.05, 0.1) is 12.8 Å². The fourth-order valence-corrected chi connectivity index (χ4v) is 2.77. The number of benzene rings is 1. The van der Waals surface area contributed by atoms with Gasteiger partial charge in [0.1, 0.15) is 12.7 Å². The van der Waals surface area contributed by atoms with Gasteiger partial charge in [0, 0.05) is 44.3 Å². The predicted molar refractivity (Wildman–Crippen MR) is 109 cm³/mol. The summed E-state index contributed by atoms with van der Waals surface area (Å²) in [5.74, 6) is 1.30. The van der Waals surface area contributed by atoms with Crippen LogP contribution in [-0.4, -0.2) is 71.4 Å². The molecular formula is C21H32N4O3. The minimum atomic E-state index is -0.560. The Morgan fingerprint density at radius 3 is 2.54 bits per heavy atom. The first-order chi connectivity index (χ1) is 13.4. The molecule has 0 aliphatic rings. The van der Waals surface area contributed by atoms with E-state index in [0.29, 0.717) is 30.6 Å². The number of aliphatic hydroxyl groups excluding tert-OH is 1. The van der Waals surface area contributed by atoms with Crippen LogP contribution in [0.25, 0.3) is 0 Å². The van der Waals surface area contributed by atoms with E-state index in [1.165, 1.54) is 0 Å². The average Bonchev–Trinajstić information content (AvgIpc) is 2.67. The third-order valence-electron chi connectivity index (χ3n) is 4.54. The summed E-state index contributed by atoms with van der Waals surface area (Å²) in [4.78, 5) is 12.6. The van der Waals surface area contributed by atoms with E-state index in [1.54, 1.807) is 25.7 Å². The van der Waals surface area contributed by atoms with Crippen molar-refractivity contribution in [3.63, 3.8) is 0 Å². The Balaban J connectivity index is 1.92. The zero-order valence-electron chi connectivity index (χ0n) is 17.5. The lowest BCUT2D eigenvalue weighted by Gasteiger charge is -2.24. The zero-order chi connectivity index (χ0) is 20.5. The molecule has 1 aromatic carbocycles. The molecule has 0 saturated carbocycles. The maximum atomic E-state index is 10.2. The molecule has 2 rings (SSSR count). The second-order valence-corrected chi connectivity index (χ2v) is 7.35. The van der Waals surface area contributed by atoms with Crippen LogP contribution in [0.5, 0.6) is 11.5 Å². The highest BCUT2D eigenvalue weighted by Gasteiger charge is 2.14. The summed E-state index contributed by atoms with van der Waals surface area (Å²) >= 11 is 0. The van der Waals surface area contributed by atoms with Crippen molar-refractivity contribution in [3.05, 3.63) is 48.0 Å². The largest absolute Gasteiger partial charge is 0.493 e. The van der Waals surface area contributed by atoms with Gasteiger partial charge < -0.3 is 19.5 Å². The van der Waals surface area contributed by atoms with Gasteiger partial charge >= 0.3 is 0 Å². The van der Waals surface area contributed by atoms with Crippen LogP contribution in [-0.2, 0) is 13.1 Å². The number of nitrogens with zero attached hydrogens (tertiary/aromatic N) is 4. The van der Waals surface area contributed by atoms with Gasteiger partial charge in [0.2, 0.25) is 0 Å². The summed E-state index contributed by atoms with van der Waals surface area (Å²) in [5, 5.41) is 10.2. The molecule has 0 unspecified atom stereocenters. The second-order valence-electron chi connectivity index (χ2n) is 7.35. The van der Waals surface area contributed by atoms with Crippen molar-refractivity contribution < 1.29 is 14.6 Å². The first-order valence-electron chi connectivity index (χ1n) is 9.50. The molecule has 1 N–H and O–H groups in total. The Morgan fingerprint density at radius 2 is 1.89 bits per heavy atom. The zero-order valence-corrected chi connectivity index (χ0v) is 17.5. The third-order valence-corrected chi connectivity index (χ3v) is 4.54. The molecule has 0 fully saturated rings. The number of likely N-dealkylation sites (N-methyl/N-ethyl adjacent to an activating group) is 1. The van der Waals surface area contributed by atoms with Crippen molar-refractivity contribution in [2.24, 2.45) is 0 Å². The van der Waals surface area contributed by atoms with E-state index >= 15 is 0 Å². The van der Waals surface area contributed by atoms with Crippen LogP contribution in [0.2, 0.25) is 0 Å². The van der Waals surface area contributed by atoms with E-state index in [-0.39, 0.29) is 6.61 Å². The molecule has 0 aliphatic heterocycles. The van der Waals surface area contributed by atoms with Crippen LogP contribution in [0, 0.1) is 0 Å². The lowest BCUT2D eigenvalue weighted by Crippen LogP contribution is -2.36. The van der Waals surface area contributed by atoms with Crippen LogP contribution in [0.3, 0.4) is 0 Å². The van der Waals surface area contributed by atoms with E-state index in [1.807, 2.05) is 32.3 Å². The van der Waals surface area contributed by atoms with Gasteiger partial charge in [-0.3, -0.25) is 14.9 Å². The van der Waals surface area contributed by atoms with E-state index in [2.05, 4.69) is 33.6 Å². The highest BCUT2D eigenvalue weighted by molar-refractivity contribution is 5.43.